The highest BCUT2D eigenvalue weighted by Crippen LogP contribution is 2.20. The summed E-state index contributed by atoms with van der Waals surface area (Å²) in [5, 5.41) is 9.15. The van der Waals surface area contributed by atoms with Crippen molar-refractivity contribution in [3.05, 3.63) is 47.0 Å². The molecule has 0 unspecified atom stereocenters. The molecule has 0 atom stereocenters. The molecule has 0 aliphatic heterocycles. The Morgan fingerprint density at radius 2 is 1.79 bits per heavy atom. The van der Waals surface area contributed by atoms with E-state index in [-0.39, 0.29) is 17.9 Å². The highest BCUT2D eigenvalue weighted by Gasteiger charge is 2.21. The summed E-state index contributed by atoms with van der Waals surface area (Å²) in [7, 11) is 0. The van der Waals surface area contributed by atoms with Crippen LogP contribution >= 0.6 is 0 Å². The molecule has 0 amide bonds. The summed E-state index contributed by atoms with van der Waals surface area (Å²) in [5.74, 6) is -0.842. The molecular formula is C15H22ClNO2. The molecular weight excluding hydrogens is 262 g/mol. The summed E-state index contributed by atoms with van der Waals surface area (Å²) in [6, 6.07) is 9.94. The number of hydrogen-bond acceptors (Lipinski definition) is 1. The Bertz CT molecular complexity index is 447. The van der Waals surface area contributed by atoms with E-state index >= 15 is 0 Å². The molecule has 4 heteroatoms. The predicted molar refractivity (Wildman–Crippen MR) is 72.1 cm³/mol. The van der Waals surface area contributed by atoms with Gasteiger partial charge >= 0.3 is 5.97 Å². The molecule has 0 radical (unpaired) electrons. The van der Waals surface area contributed by atoms with Gasteiger partial charge in [-0.3, -0.25) is 0 Å². The Morgan fingerprint density at radius 3 is 2.21 bits per heavy atom. The first-order chi connectivity index (χ1) is 8.29. The zero-order valence-electron chi connectivity index (χ0n) is 11.7. The molecule has 1 aromatic rings. The van der Waals surface area contributed by atoms with Gasteiger partial charge in [-0.15, -0.1) is 0 Å². The Labute approximate surface area is 120 Å². The molecule has 1 rings (SSSR count). The molecule has 0 fully saturated rings. The average Bonchev–Trinajstić information content (AvgIpc) is 2.26. The van der Waals surface area contributed by atoms with Gasteiger partial charge in [0.15, 0.2) is 0 Å². The van der Waals surface area contributed by atoms with Gasteiger partial charge in [0.2, 0.25) is 0 Å². The van der Waals surface area contributed by atoms with E-state index in [2.05, 4.69) is 5.73 Å². The number of hydrogen-bond donors (Lipinski definition) is 2. The van der Waals surface area contributed by atoms with E-state index < -0.39 is 5.97 Å². The van der Waals surface area contributed by atoms with Crippen LogP contribution in [0.4, 0.5) is 0 Å². The lowest BCUT2D eigenvalue weighted by Gasteiger charge is -2.19. The third-order valence-electron chi connectivity index (χ3n) is 2.80. The van der Waals surface area contributed by atoms with Crippen LogP contribution in [0.5, 0.6) is 0 Å². The van der Waals surface area contributed by atoms with Crippen LogP contribution in [0.25, 0.3) is 0 Å². The first-order valence-electron chi connectivity index (χ1n) is 6.11. The second kappa shape index (κ2) is 7.31. The lowest BCUT2D eigenvalue weighted by atomic mass is 9.89. The van der Waals surface area contributed by atoms with Gasteiger partial charge in [0, 0.05) is 12.0 Å². The molecule has 0 aromatic heterocycles. The monoisotopic (exact) mass is 283 g/mol. The van der Waals surface area contributed by atoms with Crippen LogP contribution in [-0.2, 0) is 11.2 Å². The minimum absolute atomic E-state index is 0. The summed E-state index contributed by atoms with van der Waals surface area (Å²) in [4.78, 5) is 11.1. The van der Waals surface area contributed by atoms with Gasteiger partial charge in [-0.05, 0) is 38.3 Å². The molecule has 0 heterocycles. The molecule has 0 spiro atoms. The Morgan fingerprint density at radius 1 is 1.26 bits per heavy atom. The summed E-state index contributed by atoms with van der Waals surface area (Å²) in [6.45, 7) is 5.71. The lowest BCUT2D eigenvalue weighted by molar-refractivity contribution is -0.464. The fourth-order valence-electron chi connectivity index (χ4n) is 1.90. The maximum atomic E-state index is 11.1. The number of halogens is 1. The van der Waals surface area contributed by atoms with E-state index in [1.54, 1.807) is 6.92 Å². The normalized spacial score (nSPS) is 12.4. The molecule has 3 nitrogen and oxygen atoms in total. The van der Waals surface area contributed by atoms with Crippen molar-refractivity contribution in [2.45, 2.75) is 39.2 Å². The lowest BCUT2D eigenvalue weighted by Crippen LogP contribution is -3.00. The van der Waals surface area contributed by atoms with Crippen LogP contribution in [-0.4, -0.2) is 16.6 Å². The number of benzene rings is 1. The Hall–Kier alpha value is -1.32. The number of rotatable bonds is 5. The Balaban J connectivity index is 0.00000324. The van der Waals surface area contributed by atoms with Crippen molar-refractivity contribution in [3.63, 3.8) is 0 Å². The number of carboxylic acids is 1. The molecule has 4 N–H and O–H groups in total. The zero-order valence-corrected chi connectivity index (χ0v) is 12.5. The van der Waals surface area contributed by atoms with Gasteiger partial charge in [-0.1, -0.05) is 30.3 Å². The van der Waals surface area contributed by atoms with Gasteiger partial charge in [-0.25, -0.2) is 4.79 Å². The third kappa shape index (κ3) is 6.41. The second-order valence-electron chi connectivity index (χ2n) is 5.54. The summed E-state index contributed by atoms with van der Waals surface area (Å²) in [6.07, 6.45) is 1.37. The smallest absolute Gasteiger partial charge is 0.331 e. The van der Waals surface area contributed by atoms with E-state index in [1.165, 1.54) is 0 Å². The van der Waals surface area contributed by atoms with Crippen molar-refractivity contribution in [2.24, 2.45) is 0 Å². The molecule has 0 saturated carbocycles. The first-order valence-corrected chi connectivity index (χ1v) is 6.11. The van der Waals surface area contributed by atoms with Crippen molar-refractivity contribution in [1.82, 2.24) is 0 Å². The van der Waals surface area contributed by atoms with Crippen molar-refractivity contribution < 1.29 is 28.0 Å². The number of carbonyl (C=O) groups is 1. The molecule has 1 aromatic carbocycles. The Kier molecular flexibility index (Phi) is 6.81. The number of carboxylic acid groups (broad SMARTS) is 1. The summed E-state index contributed by atoms with van der Waals surface area (Å²) < 4.78 is 0. The fourth-order valence-corrected chi connectivity index (χ4v) is 1.90. The van der Waals surface area contributed by atoms with E-state index in [0.29, 0.717) is 18.4 Å². The van der Waals surface area contributed by atoms with E-state index in [0.717, 1.165) is 11.1 Å². The van der Waals surface area contributed by atoms with Gasteiger partial charge in [0.1, 0.15) is 0 Å². The van der Waals surface area contributed by atoms with E-state index in [4.69, 9.17) is 5.11 Å². The third-order valence-corrected chi connectivity index (χ3v) is 2.80. The topological polar surface area (TPSA) is 64.9 Å². The van der Waals surface area contributed by atoms with Crippen LogP contribution in [0.15, 0.2) is 41.5 Å². The molecule has 0 aliphatic rings. The maximum absolute atomic E-state index is 11.1. The van der Waals surface area contributed by atoms with Gasteiger partial charge in [0.05, 0.1) is 5.54 Å². The van der Waals surface area contributed by atoms with Crippen LogP contribution in [0, 0.1) is 0 Å². The molecule has 19 heavy (non-hydrogen) atoms. The maximum Gasteiger partial charge on any atom is 0.331 e. The molecule has 0 aliphatic carbocycles. The van der Waals surface area contributed by atoms with Crippen LogP contribution in [0.1, 0.15) is 32.8 Å². The summed E-state index contributed by atoms with van der Waals surface area (Å²) in [5.41, 5.74) is 6.44. The van der Waals surface area contributed by atoms with E-state index in [9.17, 15) is 4.79 Å². The predicted octanol–water partition coefficient (Wildman–Crippen LogP) is -0.955. The van der Waals surface area contributed by atoms with Crippen molar-refractivity contribution in [1.29, 1.82) is 0 Å². The van der Waals surface area contributed by atoms with Crippen molar-refractivity contribution in [3.8, 4) is 0 Å². The zero-order chi connectivity index (χ0) is 13.8. The minimum atomic E-state index is -0.842. The minimum Gasteiger partial charge on any atom is -1.00 e. The average molecular weight is 284 g/mol. The second-order valence-corrected chi connectivity index (χ2v) is 5.54. The molecule has 0 saturated heterocycles. The van der Waals surface area contributed by atoms with Gasteiger partial charge in [-0.2, -0.15) is 0 Å². The molecule has 106 valence electrons. The number of aliphatic carboxylic acids is 1. The van der Waals surface area contributed by atoms with Gasteiger partial charge in [0.25, 0.3) is 0 Å². The highest BCUT2D eigenvalue weighted by atomic mass is 35.5. The summed E-state index contributed by atoms with van der Waals surface area (Å²) >= 11 is 0. The van der Waals surface area contributed by atoms with Crippen LogP contribution in [0.2, 0.25) is 0 Å². The first kappa shape index (κ1) is 17.7. The number of quaternary nitrogens is 1. The molecule has 0 bridgehead atoms. The van der Waals surface area contributed by atoms with Crippen LogP contribution in [0.3, 0.4) is 0 Å². The standard InChI is InChI=1S/C15H21NO2.ClH/c1-11(14(17)18)13(10-15(2,3)16)9-12-7-5-4-6-8-12;/h4-8H,9-10,16H2,1-3H3,(H,17,18);1H. The van der Waals surface area contributed by atoms with Crippen LogP contribution < -0.4 is 18.1 Å². The van der Waals surface area contributed by atoms with Crippen molar-refractivity contribution >= 4 is 5.97 Å². The SMILES string of the molecule is CC(C(=O)O)=C(Cc1ccccc1)CC(C)(C)[NH3+].[Cl-]. The fraction of sp³-hybridized carbons (Fsp3) is 0.400. The quantitative estimate of drug-likeness (QED) is 0.684. The van der Waals surface area contributed by atoms with E-state index in [1.807, 2.05) is 44.2 Å². The largest absolute Gasteiger partial charge is 1.00 e. The van der Waals surface area contributed by atoms with Crippen molar-refractivity contribution in [2.75, 3.05) is 0 Å². The highest BCUT2D eigenvalue weighted by molar-refractivity contribution is 5.86. The van der Waals surface area contributed by atoms with Gasteiger partial charge < -0.3 is 23.2 Å².